The molecule has 0 unspecified atom stereocenters. The van der Waals surface area contributed by atoms with Gasteiger partial charge in [0.15, 0.2) is 0 Å². The topological polar surface area (TPSA) is 81.2 Å². The standard InChI is InChI=1S/C15H19N3O3/c1-10-6-5-7-12(13(10)18(19)20)14-17-11(9-21-14)8-16-15(2,3)4/h5-7,9,16H,8H2,1-4H3. The third-order valence-corrected chi connectivity index (χ3v) is 3.00. The van der Waals surface area contributed by atoms with E-state index >= 15 is 0 Å². The van der Waals surface area contributed by atoms with Crippen LogP contribution in [0.25, 0.3) is 11.5 Å². The molecule has 0 atom stereocenters. The number of hydrogen-bond donors (Lipinski definition) is 1. The quantitative estimate of drug-likeness (QED) is 0.688. The van der Waals surface area contributed by atoms with Crippen LogP contribution in [0.4, 0.5) is 5.69 Å². The number of aromatic nitrogens is 1. The summed E-state index contributed by atoms with van der Waals surface area (Å²) in [6.45, 7) is 8.41. The molecule has 6 nitrogen and oxygen atoms in total. The molecule has 1 aromatic carbocycles. The molecule has 1 aromatic heterocycles. The second kappa shape index (κ2) is 5.65. The minimum Gasteiger partial charge on any atom is -0.444 e. The zero-order valence-electron chi connectivity index (χ0n) is 12.6. The van der Waals surface area contributed by atoms with Gasteiger partial charge in [-0.15, -0.1) is 0 Å². The van der Waals surface area contributed by atoms with E-state index in [4.69, 9.17) is 4.42 Å². The SMILES string of the molecule is Cc1cccc(-c2nc(CNC(C)(C)C)co2)c1[N+](=O)[O-]. The van der Waals surface area contributed by atoms with E-state index < -0.39 is 4.92 Å². The first-order valence-electron chi connectivity index (χ1n) is 6.72. The number of rotatable bonds is 4. The van der Waals surface area contributed by atoms with Crippen molar-refractivity contribution >= 4 is 5.69 Å². The Morgan fingerprint density at radius 2 is 2.10 bits per heavy atom. The van der Waals surface area contributed by atoms with E-state index in [1.165, 1.54) is 6.26 Å². The van der Waals surface area contributed by atoms with Crippen LogP contribution in [0, 0.1) is 17.0 Å². The molecule has 0 amide bonds. The number of nitrogens with one attached hydrogen (secondary N) is 1. The van der Waals surface area contributed by atoms with Crippen molar-refractivity contribution in [2.24, 2.45) is 0 Å². The Balaban J connectivity index is 2.30. The Labute approximate surface area is 123 Å². The van der Waals surface area contributed by atoms with E-state index in [2.05, 4.69) is 31.1 Å². The van der Waals surface area contributed by atoms with Crippen LogP contribution in [0.5, 0.6) is 0 Å². The molecule has 6 heteroatoms. The van der Waals surface area contributed by atoms with E-state index in [1.807, 2.05) is 0 Å². The van der Waals surface area contributed by atoms with Crippen molar-refractivity contribution in [2.45, 2.75) is 39.8 Å². The maximum Gasteiger partial charge on any atom is 0.284 e. The summed E-state index contributed by atoms with van der Waals surface area (Å²) < 4.78 is 5.41. The highest BCUT2D eigenvalue weighted by Crippen LogP contribution is 2.31. The molecule has 1 heterocycles. The number of para-hydroxylation sites is 1. The van der Waals surface area contributed by atoms with Crippen LogP contribution in [0.2, 0.25) is 0 Å². The fraction of sp³-hybridized carbons (Fsp3) is 0.400. The average molecular weight is 289 g/mol. The van der Waals surface area contributed by atoms with Crippen LogP contribution >= 0.6 is 0 Å². The van der Waals surface area contributed by atoms with Gasteiger partial charge >= 0.3 is 0 Å². The van der Waals surface area contributed by atoms with Gasteiger partial charge in [-0.1, -0.05) is 12.1 Å². The molecule has 112 valence electrons. The van der Waals surface area contributed by atoms with Crippen molar-refractivity contribution in [2.75, 3.05) is 0 Å². The first-order valence-corrected chi connectivity index (χ1v) is 6.72. The highest BCUT2D eigenvalue weighted by atomic mass is 16.6. The number of nitro groups is 1. The van der Waals surface area contributed by atoms with Crippen LogP contribution in [0.15, 0.2) is 28.9 Å². The van der Waals surface area contributed by atoms with Gasteiger partial charge in [-0.05, 0) is 33.8 Å². The number of oxazole rings is 1. The maximum atomic E-state index is 11.2. The van der Waals surface area contributed by atoms with Gasteiger partial charge in [-0.3, -0.25) is 10.1 Å². The van der Waals surface area contributed by atoms with Gasteiger partial charge in [0.05, 0.1) is 10.6 Å². The van der Waals surface area contributed by atoms with Crippen LogP contribution in [-0.4, -0.2) is 15.4 Å². The molecule has 1 N–H and O–H groups in total. The lowest BCUT2D eigenvalue weighted by Gasteiger charge is -2.19. The zero-order chi connectivity index (χ0) is 15.6. The van der Waals surface area contributed by atoms with Gasteiger partial charge < -0.3 is 9.73 Å². The number of hydrogen-bond acceptors (Lipinski definition) is 5. The van der Waals surface area contributed by atoms with Crippen LogP contribution in [-0.2, 0) is 6.54 Å². The Morgan fingerprint density at radius 3 is 2.71 bits per heavy atom. The normalized spacial score (nSPS) is 11.6. The molecule has 0 fully saturated rings. The predicted octanol–water partition coefficient (Wildman–Crippen LogP) is 3.45. The molecule has 2 aromatic rings. The van der Waals surface area contributed by atoms with Gasteiger partial charge in [-0.2, -0.15) is 0 Å². The minimum atomic E-state index is -0.401. The molecule has 21 heavy (non-hydrogen) atoms. The molecule has 2 rings (SSSR count). The zero-order valence-corrected chi connectivity index (χ0v) is 12.6. The van der Waals surface area contributed by atoms with Crippen molar-refractivity contribution in [3.8, 4) is 11.5 Å². The molecular formula is C15H19N3O3. The lowest BCUT2D eigenvalue weighted by Crippen LogP contribution is -2.35. The molecule has 0 spiro atoms. The fourth-order valence-electron chi connectivity index (χ4n) is 1.94. The van der Waals surface area contributed by atoms with Crippen molar-refractivity contribution in [1.82, 2.24) is 10.3 Å². The average Bonchev–Trinajstić information content (AvgIpc) is 2.83. The Hall–Kier alpha value is -2.21. The first-order chi connectivity index (χ1) is 9.78. The minimum absolute atomic E-state index is 0.0333. The number of benzene rings is 1. The van der Waals surface area contributed by atoms with Gasteiger partial charge in [0.2, 0.25) is 5.89 Å². The number of aryl methyl sites for hydroxylation is 1. The smallest absolute Gasteiger partial charge is 0.284 e. The number of nitro benzene ring substituents is 1. The third kappa shape index (κ3) is 3.66. The summed E-state index contributed by atoms with van der Waals surface area (Å²) in [5.41, 5.74) is 1.71. The van der Waals surface area contributed by atoms with Crippen molar-refractivity contribution < 1.29 is 9.34 Å². The third-order valence-electron chi connectivity index (χ3n) is 3.00. The van der Waals surface area contributed by atoms with E-state index in [-0.39, 0.29) is 17.1 Å². The summed E-state index contributed by atoms with van der Waals surface area (Å²) in [7, 11) is 0. The van der Waals surface area contributed by atoms with Crippen molar-refractivity contribution in [3.63, 3.8) is 0 Å². The molecule has 0 aliphatic heterocycles. The molecule has 0 aliphatic carbocycles. The second-order valence-corrected chi connectivity index (χ2v) is 5.98. The van der Waals surface area contributed by atoms with E-state index in [0.29, 0.717) is 17.7 Å². The predicted molar refractivity (Wildman–Crippen MR) is 79.9 cm³/mol. The summed E-state index contributed by atoms with van der Waals surface area (Å²) in [5, 5.41) is 14.5. The van der Waals surface area contributed by atoms with Crippen molar-refractivity contribution in [1.29, 1.82) is 0 Å². The summed E-state index contributed by atoms with van der Waals surface area (Å²) in [5.74, 6) is 0.274. The van der Waals surface area contributed by atoms with Crippen LogP contribution in [0.1, 0.15) is 32.0 Å². The molecular weight excluding hydrogens is 270 g/mol. The molecule has 0 saturated heterocycles. The summed E-state index contributed by atoms with van der Waals surface area (Å²) in [6, 6.07) is 5.11. The Kier molecular flexibility index (Phi) is 4.09. The van der Waals surface area contributed by atoms with E-state index in [9.17, 15) is 10.1 Å². The maximum absolute atomic E-state index is 11.2. The van der Waals surface area contributed by atoms with Gasteiger partial charge in [0.1, 0.15) is 11.8 Å². The van der Waals surface area contributed by atoms with Gasteiger partial charge in [0, 0.05) is 17.6 Å². The monoisotopic (exact) mass is 289 g/mol. The Bertz CT molecular complexity index is 656. The Morgan fingerprint density at radius 1 is 1.38 bits per heavy atom. The van der Waals surface area contributed by atoms with Crippen LogP contribution in [0.3, 0.4) is 0 Å². The van der Waals surface area contributed by atoms with Gasteiger partial charge in [0.25, 0.3) is 5.69 Å². The summed E-state index contributed by atoms with van der Waals surface area (Å²) >= 11 is 0. The number of nitrogens with zero attached hydrogens (tertiary/aromatic N) is 2. The van der Waals surface area contributed by atoms with Gasteiger partial charge in [-0.25, -0.2) is 4.98 Å². The lowest BCUT2D eigenvalue weighted by atomic mass is 10.1. The molecule has 0 saturated carbocycles. The molecule has 0 radical (unpaired) electrons. The molecule has 0 aliphatic rings. The highest BCUT2D eigenvalue weighted by molar-refractivity contribution is 5.69. The highest BCUT2D eigenvalue weighted by Gasteiger charge is 2.22. The summed E-state index contributed by atoms with van der Waals surface area (Å²) in [6.07, 6.45) is 1.53. The fourth-order valence-corrected chi connectivity index (χ4v) is 1.94. The molecule has 0 bridgehead atoms. The summed E-state index contributed by atoms with van der Waals surface area (Å²) in [4.78, 5) is 15.1. The first kappa shape index (κ1) is 15.2. The van der Waals surface area contributed by atoms with Crippen LogP contribution < -0.4 is 5.32 Å². The largest absolute Gasteiger partial charge is 0.444 e. The van der Waals surface area contributed by atoms with E-state index in [0.717, 1.165) is 5.69 Å². The second-order valence-electron chi connectivity index (χ2n) is 5.98. The van der Waals surface area contributed by atoms with Crippen molar-refractivity contribution in [3.05, 3.63) is 45.8 Å². The lowest BCUT2D eigenvalue weighted by molar-refractivity contribution is -0.384. The van der Waals surface area contributed by atoms with E-state index in [1.54, 1.807) is 25.1 Å².